The lowest BCUT2D eigenvalue weighted by atomic mass is 10.7. The Morgan fingerprint density at radius 2 is 1.10 bits per heavy atom. The molecule has 0 bridgehead atoms. The van der Waals surface area contributed by atoms with E-state index >= 15 is 0 Å². The van der Waals surface area contributed by atoms with Crippen molar-refractivity contribution in [2.24, 2.45) is 0 Å². The zero-order valence-electron chi connectivity index (χ0n) is 12.4. The van der Waals surface area contributed by atoms with Crippen molar-refractivity contribution in [3.63, 3.8) is 0 Å². The minimum Gasteiger partial charge on any atom is -0.467 e. The van der Waals surface area contributed by atoms with Crippen LogP contribution in [0.4, 0.5) is 0 Å². The molecule has 0 amide bonds. The first-order valence-electron chi connectivity index (χ1n) is 6.76. The van der Waals surface area contributed by atoms with Crippen LogP contribution in [0.25, 0.3) is 0 Å². The van der Waals surface area contributed by atoms with Crippen molar-refractivity contribution in [2.45, 2.75) is 6.92 Å². The molecule has 0 unspecified atom stereocenters. The Morgan fingerprint density at radius 1 is 0.700 bits per heavy atom. The van der Waals surface area contributed by atoms with E-state index < -0.39 is 5.97 Å². The van der Waals surface area contributed by atoms with Gasteiger partial charge in [-0.15, -0.1) is 0 Å². The Balaban J connectivity index is 2.97. The van der Waals surface area contributed by atoms with Crippen molar-refractivity contribution in [3.05, 3.63) is 0 Å². The monoisotopic (exact) mass is 294 g/mol. The fourth-order valence-electron chi connectivity index (χ4n) is 1.14. The smallest absolute Gasteiger partial charge is 0.331 e. The summed E-state index contributed by atoms with van der Waals surface area (Å²) in [5, 5.41) is 0. The summed E-state index contributed by atoms with van der Waals surface area (Å²) in [7, 11) is 1.32. The van der Waals surface area contributed by atoms with Crippen molar-refractivity contribution >= 4 is 5.97 Å². The van der Waals surface area contributed by atoms with Gasteiger partial charge in [-0.05, 0) is 6.92 Å². The topological polar surface area (TPSA) is 72.5 Å². The predicted molar refractivity (Wildman–Crippen MR) is 71.8 cm³/mol. The Kier molecular flexibility index (Phi) is 15.7. The van der Waals surface area contributed by atoms with E-state index in [1.807, 2.05) is 6.92 Å². The number of hydrogen-bond donors (Lipinski definition) is 0. The first-order valence-corrected chi connectivity index (χ1v) is 6.76. The third-order valence-corrected chi connectivity index (χ3v) is 2.14. The molecule has 0 saturated heterocycles. The Hall–Kier alpha value is -0.730. The zero-order valence-corrected chi connectivity index (χ0v) is 12.4. The van der Waals surface area contributed by atoms with Gasteiger partial charge < -0.3 is 28.4 Å². The normalized spacial score (nSPS) is 10.7. The average molecular weight is 294 g/mol. The molecule has 20 heavy (non-hydrogen) atoms. The van der Waals surface area contributed by atoms with E-state index in [0.717, 1.165) is 0 Å². The molecule has 0 atom stereocenters. The fourth-order valence-corrected chi connectivity index (χ4v) is 1.14. The summed E-state index contributed by atoms with van der Waals surface area (Å²) in [5.41, 5.74) is 0. The SMILES string of the molecule is CCOCCOCCOCCOCCOCC(=O)OC. The lowest BCUT2D eigenvalue weighted by Gasteiger charge is -2.07. The Bertz CT molecular complexity index is 211. The molecule has 0 aliphatic carbocycles. The summed E-state index contributed by atoms with van der Waals surface area (Å²) in [5.74, 6) is -0.391. The third kappa shape index (κ3) is 15.3. The maximum absolute atomic E-state index is 10.7. The molecule has 7 nitrogen and oxygen atoms in total. The standard InChI is InChI=1S/C13H26O7/c1-3-16-4-5-17-6-7-18-8-9-19-10-11-20-12-13(14)15-2/h3-12H2,1-2H3. The van der Waals surface area contributed by atoms with Crippen LogP contribution in [0, 0.1) is 0 Å². The summed E-state index contributed by atoms with van der Waals surface area (Å²) >= 11 is 0. The van der Waals surface area contributed by atoms with Crippen molar-refractivity contribution in [3.8, 4) is 0 Å². The van der Waals surface area contributed by atoms with E-state index in [-0.39, 0.29) is 6.61 Å². The Labute approximate surface area is 120 Å². The van der Waals surface area contributed by atoms with Crippen LogP contribution in [0.2, 0.25) is 0 Å². The molecule has 0 aliphatic heterocycles. The highest BCUT2D eigenvalue weighted by Crippen LogP contribution is 1.84. The number of ether oxygens (including phenoxy) is 6. The van der Waals surface area contributed by atoms with Gasteiger partial charge >= 0.3 is 5.97 Å². The van der Waals surface area contributed by atoms with Crippen molar-refractivity contribution in [1.29, 1.82) is 0 Å². The zero-order chi connectivity index (χ0) is 14.9. The van der Waals surface area contributed by atoms with Gasteiger partial charge in [-0.1, -0.05) is 0 Å². The molecule has 120 valence electrons. The molecule has 0 aromatic carbocycles. The van der Waals surface area contributed by atoms with Crippen LogP contribution in [-0.4, -0.2) is 79.1 Å². The lowest BCUT2D eigenvalue weighted by Crippen LogP contribution is -2.15. The first-order chi connectivity index (χ1) is 9.81. The van der Waals surface area contributed by atoms with Crippen LogP contribution in [0.1, 0.15) is 6.92 Å². The largest absolute Gasteiger partial charge is 0.467 e. The van der Waals surface area contributed by atoms with Gasteiger partial charge in [-0.25, -0.2) is 4.79 Å². The molecule has 0 radical (unpaired) electrons. The van der Waals surface area contributed by atoms with E-state index in [2.05, 4.69) is 4.74 Å². The Morgan fingerprint density at radius 3 is 1.50 bits per heavy atom. The molecule has 0 N–H and O–H groups in total. The molecular formula is C13H26O7. The highest BCUT2D eigenvalue weighted by atomic mass is 16.6. The van der Waals surface area contributed by atoms with Crippen LogP contribution in [-0.2, 0) is 33.2 Å². The summed E-state index contributed by atoms with van der Waals surface area (Å²) in [4.78, 5) is 10.7. The number of rotatable bonds is 15. The number of esters is 1. The highest BCUT2D eigenvalue weighted by Gasteiger charge is 1.98. The van der Waals surface area contributed by atoms with E-state index in [1.54, 1.807) is 0 Å². The van der Waals surface area contributed by atoms with Gasteiger partial charge in [-0.2, -0.15) is 0 Å². The second-order valence-electron chi connectivity index (χ2n) is 3.66. The summed E-state index contributed by atoms with van der Waals surface area (Å²) < 4.78 is 30.4. The van der Waals surface area contributed by atoms with Crippen LogP contribution >= 0.6 is 0 Å². The summed E-state index contributed by atoms with van der Waals surface area (Å²) in [6.07, 6.45) is 0. The van der Waals surface area contributed by atoms with E-state index in [1.165, 1.54) is 7.11 Å². The first kappa shape index (κ1) is 19.3. The molecule has 0 saturated carbocycles. The van der Waals surface area contributed by atoms with E-state index in [9.17, 15) is 4.79 Å². The molecule has 0 rings (SSSR count). The van der Waals surface area contributed by atoms with Crippen LogP contribution in [0.15, 0.2) is 0 Å². The van der Waals surface area contributed by atoms with Gasteiger partial charge in [0.2, 0.25) is 0 Å². The van der Waals surface area contributed by atoms with Gasteiger partial charge in [0.25, 0.3) is 0 Å². The fraction of sp³-hybridized carbons (Fsp3) is 0.923. The molecule has 0 aliphatic rings. The molecule has 0 fully saturated rings. The molecule has 0 aromatic heterocycles. The van der Waals surface area contributed by atoms with Crippen LogP contribution in [0.5, 0.6) is 0 Å². The van der Waals surface area contributed by atoms with Crippen LogP contribution < -0.4 is 0 Å². The summed E-state index contributed by atoms with van der Waals surface area (Å²) in [6.45, 7) is 6.67. The van der Waals surface area contributed by atoms with Gasteiger partial charge in [-0.3, -0.25) is 0 Å². The number of carbonyl (C=O) groups is 1. The van der Waals surface area contributed by atoms with Crippen molar-refractivity contribution in [2.75, 3.05) is 73.2 Å². The minimum atomic E-state index is -0.391. The maximum atomic E-state index is 10.7. The number of methoxy groups -OCH3 is 1. The van der Waals surface area contributed by atoms with E-state index in [4.69, 9.17) is 23.7 Å². The van der Waals surface area contributed by atoms with Gasteiger partial charge in [0.15, 0.2) is 0 Å². The maximum Gasteiger partial charge on any atom is 0.331 e. The molecule has 0 spiro atoms. The average Bonchev–Trinajstić information content (AvgIpc) is 2.47. The molecule has 7 heteroatoms. The summed E-state index contributed by atoms with van der Waals surface area (Å²) in [6, 6.07) is 0. The van der Waals surface area contributed by atoms with Crippen molar-refractivity contribution in [1.82, 2.24) is 0 Å². The minimum absolute atomic E-state index is 0.0462. The van der Waals surface area contributed by atoms with Gasteiger partial charge in [0.1, 0.15) is 6.61 Å². The van der Waals surface area contributed by atoms with Crippen molar-refractivity contribution < 1.29 is 33.2 Å². The molecule has 0 heterocycles. The highest BCUT2D eigenvalue weighted by molar-refractivity contribution is 5.70. The molecular weight excluding hydrogens is 268 g/mol. The predicted octanol–water partition coefficient (Wildman–Crippen LogP) is 0.262. The molecule has 0 aromatic rings. The second kappa shape index (κ2) is 16.3. The van der Waals surface area contributed by atoms with E-state index in [0.29, 0.717) is 59.5 Å². The second-order valence-corrected chi connectivity index (χ2v) is 3.66. The van der Waals surface area contributed by atoms with Gasteiger partial charge in [0.05, 0.1) is 60.0 Å². The van der Waals surface area contributed by atoms with Crippen LogP contribution in [0.3, 0.4) is 0 Å². The lowest BCUT2D eigenvalue weighted by molar-refractivity contribution is -0.146. The number of carbonyl (C=O) groups excluding carboxylic acids is 1. The van der Waals surface area contributed by atoms with Gasteiger partial charge in [0, 0.05) is 6.61 Å². The quantitative estimate of drug-likeness (QED) is 0.317. The number of hydrogen-bond acceptors (Lipinski definition) is 7. The third-order valence-electron chi connectivity index (χ3n) is 2.14.